The van der Waals surface area contributed by atoms with E-state index in [0.717, 1.165) is 0 Å². The molecule has 12 heteroatoms. The first-order valence-corrected chi connectivity index (χ1v) is 10.4. The van der Waals surface area contributed by atoms with Crippen molar-refractivity contribution in [1.82, 2.24) is 30.4 Å². The van der Waals surface area contributed by atoms with Gasteiger partial charge in [-0.05, 0) is 12.5 Å². The lowest BCUT2D eigenvalue weighted by atomic mass is 10.2. The van der Waals surface area contributed by atoms with Crippen molar-refractivity contribution >= 4 is 17.8 Å². The highest BCUT2D eigenvalue weighted by molar-refractivity contribution is 5.81. The zero-order valence-corrected chi connectivity index (χ0v) is 17.6. The van der Waals surface area contributed by atoms with Gasteiger partial charge in [0.05, 0.1) is 6.54 Å². The number of nitrogens with zero attached hydrogens (tertiary/aromatic N) is 6. The second kappa shape index (κ2) is 10.6. The second-order valence-corrected chi connectivity index (χ2v) is 7.65. The first-order valence-electron chi connectivity index (χ1n) is 10.4. The summed E-state index contributed by atoms with van der Waals surface area (Å²) < 4.78 is 37.6. The summed E-state index contributed by atoms with van der Waals surface area (Å²) in [7, 11) is 1.60. The van der Waals surface area contributed by atoms with Crippen molar-refractivity contribution in [2.75, 3.05) is 64.3 Å². The lowest BCUT2D eigenvalue weighted by Gasteiger charge is -2.34. The van der Waals surface area contributed by atoms with Crippen molar-refractivity contribution in [3.05, 3.63) is 18.5 Å². The zero-order valence-electron chi connectivity index (χ0n) is 17.6. The molecule has 1 unspecified atom stereocenters. The van der Waals surface area contributed by atoms with E-state index in [1.807, 2.05) is 4.90 Å². The van der Waals surface area contributed by atoms with Crippen LogP contribution in [0.3, 0.4) is 0 Å². The van der Waals surface area contributed by atoms with Crippen molar-refractivity contribution in [1.29, 1.82) is 0 Å². The Morgan fingerprint density at radius 2 is 1.90 bits per heavy atom. The van der Waals surface area contributed by atoms with Crippen LogP contribution in [0.15, 0.2) is 23.5 Å². The Bertz CT molecular complexity index is 737. The van der Waals surface area contributed by atoms with E-state index in [1.54, 1.807) is 25.5 Å². The number of aliphatic imine (C=N–C) groups is 1. The van der Waals surface area contributed by atoms with E-state index in [-0.39, 0.29) is 11.9 Å². The molecule has 2 N–H and O–H groups in total. The summed E-state index contributed by atoms with van der Waals surface area (Å²) in [5.74, 6) is 1.22. The zero-order chi connectivity index (χ0) is 22.3. The molecule has 1 atom stereocenters. The fourth-order valence-corrected chi connectivity index (χ4v) is 3.79. The van der Waals surface area contributed by atoms with Gasteiger partial charge in [0, 0.05) is 77.7 Å². The van der Waals surface area contributed by atoms with Crippen molar-refractivity contribution in [3.63, 3.8) is 0 Å². The van der Waals surface area contributed by atoms with E-state index in [4.69, 9.17) is 0 Å². The topological polar surface area (TPSA) is 89.0 Å². The molecule has 3 rings (SSSR count). The molecule has 172 valence electrons. The Labute approximate surface area is 179 Å². The van der Waals surface area contributed by atoms with Crippen LogP contribution >= 0.6 is 0 Å². The number of anilines is 1. The highest BCUT2D eigenvalue weighted by atomic mass is 19.4. The van der Waals surface area contributed by atoms with Gasteiger partial charge in [-0.25, -0.2) is 9.97 Å². The number of rotatable bonds is 6. The summed E-state index contributed by atoms with van der Waals surface area (Å²) >= 11 is 0. The lowest BCUT2D eigenvalue weighted by molar-refractivity contribution is -0.143. The molecule has 9 nitrogen and oxygen atoms in total. The quantitative estimate of drug-likeness (QED) is 0.485. The maximum Gasteiger partial charge on any atom is 0.401 e. The van der Waals surface area contributed by atoms with Crippen molar-refractivity contribution < 1.29 is 18.0 Å². The maximum absolute atomic E-state index is 12.5. The van der Waals surface area contributed by atoms with Crippen LogP contribution in [0.2, 0.25) is 0 Å². The first-order chi connectivity index (χ1) is 14.8. The van der Waals surface area contributed by atoms with Crippen molar-refractivity contribution in [2.24, 2.45) is 4.99 Å². The highest BCUT2D eigenvalue weighted by Gasteiger charge is 2.34. The smallest absolute Gasteiger partial charge is 0.356 e. The van der Waals surface area contributed by atoms with E-state index < -0.39 is 12.7 Å². The third kappa shape index (κ3) is 7.23. The molecule has 0 spiro atoms. The van der Waals surface area contributed by atoms with Gasteiger partial charge in [0.2, 0.25) is 11.9 Å². The average molecular weight is 442 g/mol. The van der Waals surface area contributed by atoms with E-state index in [0.29, 0.717) is 70.6 Å². The number of alkyl halides is 3. The Hall–Kier alpha value is -2.63. The monoisotopic (exact) mass is 442 g/mol. The number of carbonyl (C=O) groups excluding carboxylic acids is 1. The molecule has 0 aliphatic carbocycles. The molecule has 0 bridgehead atoms. The van der Waals surface area contributed by atoms with E-state index >= 15 is 0 Å². The largest absolute Gasteiger partial charge is 0.401 e. The van der Waals surface area contributed by atoms with Gasteiger partial charge in [-0.2, -0.15) is 13.2 Å². The molecule has 31 heavy (non-hydrogen) atoms. The molecule has 1 aromatic rings. The number of carbonyl (C=O) groups is 1. The van der Waals surface area contributed by atoms with Gasteiger partial charge in [0.15, 0.2) is 5.96 Å². The van der Waals surface area contributed by atoms with Crippen LogP contribution in [-0.2, 0) is 4.79 Å². The van der Waals surface area contributed by atoms with Gasteiger partial charge < -0.3 is 20.4 Å². The van der Waals surface area contributed by atoms with Crippen molar-refractivity contribution in [2.45, 2.75) is 25.1 Å². The van der Waals surface area contributed by atoms with E-state index in [2.05, 4.69) is 30.5 Å². The minimum absolute atomic E-state index is 0.0498. The van der Waals surface area contributed by atoms with E-state index in [9.17, 15) is 18.0 Å². The Kier molecular flexibility index (Phi) is 7.88. The molecule has 0 radical (unpaired) electrons. The third-order valence-corrected chi connectivity index (χ3v) is 5.34. The number of piperazine rings is 1. The lowest BCUT2D eigenvalue weighted by Crippen LogP contribution is -2.50. The fourth-order valence-electron chi connectivity index (χ4n) is 3.79. The van der Waals surface area contributed by atoms with Crippen molar-refractivity contribution in [3.8, 4) is 0 Å². The summed E-state index contributed by atoms with van der Waals surface area (Å²) in [4.78, 5) is 30.3. The van der Waals surface area contributed by atoms with Crippen LogP contribution in [0.25, 0.3) is 0 Å². The number of likely N-dealkylation sites (tertiary alicyclic amines) is 1. The summed E-state index contributed by atoms with van der Waals surface area (Å²) in [6.45, 7) is 2.81. The molecular formula is C19H29F3N8O. The Balaban J connectivity index is 1.34. The second-order valence-electron chi connectivity index (χ2n) is 7.65. The first kappa shape index (κ1) is 23.0. The number of aromatic nitrogens is 2. The van der Waals surface area contributed by atoms with Crippen LogP contribution in [0.5, 0.6) is 0 Å². The highest BCUT2D eigenvalue weighted by Crippen LogP contribution is 2.19. The Morgan fingerprint density at radius 1 is 1.19 bits per heavy atom. The molecule has 2 aliphatic rings. The average Bonchev–Trinajstić information content (AvgIpc) is 3.18. The predicted molar refractivity (Wildman–Crippen MR) is 111 cm³/mol. The summed E-state index contributed by atoms with van der Waals surface area (Å²) in [6, 6.07) is 1.67. The van der Waals surface area contributed by atoms with Gasteiger partial charge in [-0.3, -0.25) is 14.7 Å². The Morgan fingerprint density at radius 3 is 2.55 bits per heavy atom. The normalized spacial score (nSPS) is 20.8. The molecule has 1 aromatic heterocycles. The summed E-state index contributed by atoms with van der Waals surface area (Å²) in [5, 5.41) is 6.23. The summed E-state index contributed by atoms with van der Waals surface area (Å²) in [6.07, 6.45) is 0.144. The van der Waals surface area contributed by atoms with Crippen LogP contribution in [-0.4, -0.2) is 103 Å². The fraction of sp³-hybridized carbons (Fsp3) is 0.684. The van der Waals surface area contributed by atoms with Gasteiger partial charge in [-0.15, -0.1) is 0 Å². The molecule has 0 aromatic carbocycles. The number of guanidine groups is 1. The molecule has 2 aliphatic heterocycles. The minimum Gasteiger partial charge on any atom is -0.356 e. The molecule has 3 heterocycles. The molecule has 0 saturated carbocycles. The third-order valence-electron chi connectivity index (χ3n) is 5.34. The van der Waals surface area contributed by atoms with Gasteiger partial charge in [-0.1, -0.05) is 0 Å². The van der Waals surface area contributed by atoms with Crippen LogP contribution < -0.4 is 15.5 Å². The number of halogens is 3. The van der Waals surface area contributed by atoms with E-state index in [1.165, 1.54) is 4.90 Å². The predicted octanol–water partition coefficient (Wildman–Crippen LogP) is 0.317. The molecule has 2 fully saturated rings. The number of hydrogen-bond donors (Lipinski definition) is 2. The van der Waals surface area contributed by atoms with Gasteiger partial charge >= 0.3 is 6.18 Å². The summed E-state index contributed by atoms with van der Waals surface area (Å²) in [5.41, 5.74) is 0. The van der Waals surface area contributed by atoms with Crippen LogP contribution in [0.4, 0.5) is 19.1 Å². The maximum atomic E-state index is 12.5. The number of nitrogens with one attached hydrogen (secondary N) is 2. The molecule has 2 saturated heterocycles. The SMILES string of the molecule is CN=C(NCCC(=O)N1CCN(c2ncccn2)CC1)NC1CCN(CC(F)(F)F)C1. The van der Waals surface area contributed by atoms with Gasteiger partial charge in [0.1, 0.15) is 0 Å². The minimum atomic E-state index is -4.19. The standard InChI is InChI=1S/C19H29F3N8O/c1-23-17(27-15-4-8-28(13-15)14-19(20,21)22)24-7-3-16(31)29-9-11-30(12-10-29)18-25-5-2-6-26-18/h2,5-6,15H,3-4,7-14H2,1H3,(H2,23,24,27). The van der Waals surface area contributed by atoms with Crippen LogP contribution in [0.1, 0.15) is 12.8 Å². The van der Waals surface area contributed by atoms with Crippen LogP contribution in [0, 0.1) is 0 Å². The molecule has 1 amide bonds. The molecular weight excluding hydrogens is 413 g/mol. The number of hydrogen-bond acceptors (Lipinski definition) is 6. The van der Waals surface area contributed by atoms with Gasteiger partial charge in [0.25, 0.3) is 0 Å². The number of amides is 1.